The van der Waals surface area contributed by atoms with Crippen LogP contribution >= 0.6 is 0 Å². The maximum Gasteiger partial charge on any atom is 0.0414 e. The molecule has 1 aromatic heterocycles. The van der Waals surface area contributed by atoms with Gasteiger partial charge in [0.15, 0.2) is 0 Å². The van der Waals surface area contributed by atoms with Gasteiger partial charge in [-0.25, -0.2) is 0 Å². The number of rotatable bonds is 4. The van der Waals surface area contributed by atoms with E-state index in [1.54, 1.807) is 0 Å². The van der Waals surface area contributed by atoms with Crippen LogP contribution in [-0.2, 0) is 6.42 Å². The van der Waals surface area contributed by atoms with Gasteiger partial charge in [0, 0.05) is 37.2 Å². The van der Waals surface area contributed by atoms with Crippen LogP contribution in [0.15, 0.2) is 48.8 Å². The highest BCUT2D eigenvalue weighted by molar-refractivity contribution is 5.57. The van der Waals surface area contributed by atoms with E-state index in [4.69, 9.17) is 0 Å². The summed E-state index contributed by atoms with van der Waals surface area (Å²) in [6.45, 7) is 2.17. The zero-order valence-corrected chi connectivity index (χ0v) is 11.9. The minimum Gasteiger partial charge on any atom is -0.371 e. The van der Waals surface area contributed by atoms with Crippen LogP contribution in [-0.4, -0.2) is 25.1 Å². The first-order chi connectivity index (χ1) is 9.88. The van der Waals surface area contributed by atoms with Crippen LogP contribution in [0.25, 0.3) is 0 Å². The summed E-state index contributed by atoms with van der Waals surface area (Å²) in [5.74, 6) is 0. The summed E-state index contributed by atoms with van der Waals surface area (Å²) < 4.78 is 0. The van der Waals surface area contributed by atoms with Crippen molar-refractivity contribution < 1.29 is 0 Å². The molecule has 1 aromatic carbocycles. The van der Waals surface area contributed by atoms with Gasteiger partial charge in [-0.15, -0.1) is 0 Å². The lowest BCUT2D eigenvalue weighted by atomic mass is 9.96. The second kappa shape index (κ2) is 6.06. The minimum absolute atomic E-state index is 0.487. The Morgan fingerprint density at radius 2 is 2.15 bits per heavy atom. The SMILES string of the molecule is CNC1CCN(CCc2cccnc2)c2ccccc21. The maximum atomic E-state index is 4.19. The number of nitrogens with one attached hydrogen (secondary N) is 1. The molecule has 20 heavy (non-hydrogen) atoms. The normalized spacial score (nSPS) is 17.9. The quantitative estimate of drug-likeness (QED) is 0.923. The first-order valence-corrected chi connectivity index (χ1v) is 7.28. The predicted octanol–water partition coefficient (Wildman–Crippen LogP) is 2.79. The van der Waals surface area contributed by atoms with Gasteiger partial charge in [0.05, 0.1) is 0 Å². The van der Waals surface area contributed by atoms with Gasteiger partial charge in [0.25, 0.3) is 0 Å². The van der Waals surface area contributed by atoms with Crippen molar-refractivity contribution in [1.82, 2.24) is 10.3 Å². The molecule has 0 fully saturated rings. The van der Waals surface area contributed by atoms with Gasteiger partial charge in [-0.1, -0.05) is 24.3 Å². The highest BCUT2D eigenvalue weighted by Crippen LogP contribution is 2.33. The second-order valence-electron chi connectivity index (χ2n) is 5.29. The van der Waals surface area contributed by atoms with E-state index in [1.807, 2.05) is 25.5 Å². The topological polar surface area (TPSA) is 28.2 Å². The average molecular weight is 267 g/mol. The van der Waals surface area contributed by atoms with E-state index in [9.17, 15) is 0 Å². The molecular formula is C17H21N3. The molecule has 0 spiro atoms. The molecule has 0 saturated heterocycles. The van der Waals surface area contributed by atoms with Crippen LogP contribution < -0.4 is 10.2 Å². The molecule has 1 unspecified atom stereocenters. The zero-order valence-electron chi connectivity index (χ0n) is 11.9. The lowest BCUT2D eigenvalue weighted by Gasteiger charge is -2.35. The molecule has 104 valence electrons. The van der Waals surface area contributed by atoms with Crippen molar-refractivity contribution in [1.29, 1.82) is 0 Å². The molecule has 2 aromatic rings. The Kier molecular flexibility index (Phi) is 3.97. The molecule has 1 aliphatic heterocycles. The molecule has 0 saturated carbocycles. The van der Waals surface area contributed by atoms with Crippen LogP contribution in [0.5, 0.6) is 0 Å². The Morgan fingerprint density at radius 3 is 2.95 bits per heavy atom. The lowest BCUT2D eigenvalue weighted by Crippen LogP contribution is -2.36. The molecule has 3 rings (SSSR count). The van der Waals surface area contributed by atoms with E-state index in [1.165, 1.54) is 23.2 Å². The van der Waals surface area contributed by atoms with Crippen molar-refractivity contribution in [3.05, 3.63) is 59.9 Å². The fourth-order valence-electron chi connectivity index (χ4n) is 2.97. The molecular weight excluding hydrogens is 246 g/mol. The molecule has 1 atom stereocenters. The van der Waals surface area contributed by atoms with E-state index in [-0.39, 0.29) is 0 Å². The fraction of sp³-hybridized carbons (Fsp3) is 0.353. The first-order valence-electron chi connectivity index (χ1n) is 7.28. The summed E-state index contributed by atoms with van der Waals surface area (Å²) >= 11 is 0. The van der Waals surface area contributed by atoms with Crippen LogP contribution in [0.1, 0.15) is 23.6 Å². The first kappa shape index (κ1) is 13.1. The van der Waals surface area contributed by atoms with Gasteiger partial charge >= 0.3 is 0 Å². The molecule has 0 bridgehead atoms. The second-order valence-corrected chi connectivity index (χ2v) is 5.29. The largest absolute Gasteiger partial charge is 0.371 e. The summed E-state index contributed by atoms with van der Waals surface area (Å²) in [7, 11) is 2.05. The third kappa shape index (κ3) is 2.68. The molecule has 2 heterocycles. The average Bonchev–Trinajstić information content (AvgIpc) is 2.53. The number of hydrogen-bond acceptors (Lipinski definition) is 3. The number of nitrogens with zero attached hydrogens (tertiary/aromatic N) is 2. The fourth-order valence-corrected chi connectivity index (χ4v) is 2.97. The Bertz CT molecular complexity index is 553. The number of anilines is 1. The van der Waals surface area contributed by atoms with Crippen molar-refractivity contribution in [3.8, 4) is 0 Å². The summed E-state index contributed by atoms with van der Waals surface area (Å²) in [5.41, 5.74) is 4.11. The molecule has 0 amide bonds. The van der Waals surface area contributed by atoms with Crippen LogP contribution in [0.3, 0.4) is 0 Å². The van der Waals surface area contributed by atoms with Crippen molar-refractivity contribution >= 4 is 5.69 Å². The van der Waals surface area contributed by atoms with Gasteiger partial charge in [-0.05, 0) is 43.1 Å². The molecule has 1 N–H and O–H groups in total. The summed E-state index contributed by atoms with van der Waals surface area (Å²) in [4.78, 5) is 6.69. The molecule has 3 heteroatoms. The Hall–Kier alpha value is -1.87. The Labute approximate surface area is 120 Å². The Morgan fingerprint density at radius 1 is 1.25 bits per heavy atom. The van der Waals surface area contributed by atoms with E-state index in [0.717, 1.165) is 19.5 Å². The number of fused-ring (bicyclic) bond motifs is 1. The number of para-hydroxylation sites is 1. The maximum absolute atomic E-state index is 4.19. The molecule has 1 aliphatic rings. The zero-order chi connectivity index (χ0) is 13.8. The van der Waals surface area contributed by atoms with Gasteiger partial charge in [-0.3, -0.25) is 4.98 Å². The number of aromatic nitrogens is 1. The number of pyridine rings is 1. The summed E-state index contributed by atoms with van der Waals surface area (Å²) in [5, 5.41) is 3.42. The van der Waals surface area contributed by atoms with Gasteiger partial charge in [-0.2, -0.15) is 0 Å². The number of hydrogen-bond donors (Lipinski definition) is 1. The van der Waals surface area contributed by atoms with Crippen LogP contribution in [0.4, 0.5) is 5.69 Å². The van der Waals surface area contributed by atoms with E-state index in [0.29, 0.717) is 6.04 Å². The molecule has 0 radical (unpaired) electrons. The van der Waals surface area contributed by atoms with Crippen molar-refractivity contribution in [3.63, 3.8) is 0 Å². The van der Waals surface area contributed by atoms with Crippen LogP contribution in [0.2, 0.25) is 0 Å². The van der Waals surface area contributed by atoms with Crippen LogP contribution in [0, 0.1) is 0 Å². The smallest absolute Gasteiger partial charge is 0.0414 e. The molecule has 3 nitrogen and oxygen atoms in total. The third-order valence-corrected chi connectivity index (χ3v) is 4.08. The summed E-state index contributed by atoms with van der Waals surface area (Å²) in [6, 6.07) is 13.4. The van der Waals surface area contributed by atoms with Crippen molar-refractivity contribution in [2.45, 2.75) is 18.9 Å². The lowest BCUT2D eigenvalue weighted by molar-refractivity contribution is 0.517. The van der Waals surface area contributed by atoms with Gasteiger partial charge < -0.3 is 10.2 Å². The summed E-state index contributed by atoms with van der Waals surface area (Å²) in [6.07, 6.45) is 6.01. The third-order valence-electron chi connectivity index (χ3n) is 4.08. The van der Waals surface area contributed by atoms with E-state index >= 15 is 0 Å². The van der Waals surface area contributed by atoms with Crippen molar-refractivity contribution in [2.75, 3.05) is 25.0 Å². The Balaban J connectivity index is 1.75. The van der Waals surface area contributed by atoms with E-state index < -0.39 is 0 Å². The monoisotopic (exact) mass is 267 g/mol. The predicted molar refractivity (Wildman–Crippen MR) is 83.0 cm³/mol. The van der Waals surface area contributed by atoms with Gasteiger partial charge in [0.1, 0.15) is 0 Å². The number of benzene rings is 1. The highest BCUT2D eigenvalue weighted by Gasteiger charge is 2.23. The standard InChI is InChI=1S/C17H21N3/c1-18-16-9-12-20(17-7-3-2-6-15(16)17)11-8-14-5-4-10-19-13-14/h2-7,10,13,16,18H,8-9,11-12H2,1H3. The minimum atomic E-state index is 0.487. The highest BCUT2D eigenvalue weighted by atomic mass is 15.1. The molecule has 0 aliphatic carbocycles. The van der Waals surface area contributed by atoms with Crippen molar-refractivity contribution in [2.24, 2.45) is 0 Å². The van der Waals surface area contributed by atoms with Gasteiger partial charge in [0.2, 0.25) is 0 Å². The van der Waals surface area contributed by atoms with E-state index in [2.05, 4.69) is 45.5 Å².